The number of anilines is 1. The second kappa shape index (κ2) is 4.11. The summed E-state index contributed by atoms with van der Waals surface area (Å²) in [6.45, 7) is 2.00. The molecule has 1 aromatic carbocycles. The van der Waals surface area contributed by atoms with Gasteiger partial charge in [-0.15, -0.1) is 12.4 Å². The maximum absolute atomic E-state index is 5.34. The smallest absolute Gasteiger partial charge is 0.261 e. The van der Waals surface area contributed by atoms with E-state index in [2.05, 4.69) is 10.1 Å². The summed E-state index contributed by atoms with van der Waals surface area (Å²) in [5.74, 6) is 0.623. The molecule has 0 unspecified atom stereocenters. The van der Waals surface area contributed by atoms with Crippen LogP contribution in [0, 0.1) is 6.92 Å². The van der Waals surface area contributed by atoms with E-state index < -0.39 is 0 Å². The molecule has 0 radical (unpaired) electrons. The maximum Gasteiger partial charge on any atom is 0.261 e. The zero-order chi connectivity index (χ0) is 9.26. The first-order valence-electron chi connectivity index (χ1n) is 3.92. The Hall–Kier alpha value is -1.55. The van der Waals surface area contributed by atoms with Gasteiger partial charge < -0.3 is 10.3 Å². The van der Waals surface area contributed by atoms with E-state index in [0.29, 0.717) is 5.89 Å². The van der Waals surface area contributed by atoms with Crippen LogP contribution in [0.2, 0.25) is 0 Å². The van der Waals surface area contributed by atoms with Crippen LogP contribution in [0.15, 0.2) is 28.8 Å². The van der Waals surface area contributed by atoms with Gasteiger partial charge in [0.15, 0.2) is 0 Å². The van der Waals surface area contributed by atoms with Crippen LogP contribution in [0.4, 0.5) is 5.95 Å². The summed E-state index contributed by atoms with van der Waals surface area (Å²) in [6.07, 6.45) is 0. The lowest BCUT2D eigenvalue weighted by Gasteiger charge is -1.94. The second-order valence-corrected chi connectivity index (χ2v) is 2.83. The number of nitrogen functional groups attached to an aromatic ring is 1. The lowest BCUT2D eigenvalue weighted by atomic mass is 10.1. The molecule has 0 bridgehead atoms. The maximum atomic E-state index is 5.34. The molecule has 0 amide bonds. The largest absolute Gasteiger partial charge is 0.365 e. The average molecular weight is 212 g/mol. The van der Waals surface area contributed by atoms with E-state index in [1.54, 1.807) is 0 Å². The summed E-state index contributed by atoms with van der Waals surface area (Å²) in [5, 5.41) is 3.51. The fourth-order valence-electron chi connectivity index (χ4n) is 1.13. The highest BCUT2D eigenvalue weighted by Crippen LogP contribution is 2.18. The Morgan fingerprint density at radius 1 is 1.36 bits per heavy atom. The van der Waals surface area contributed by atoms with Crippen molar-refractivity contribution in [3.8, 4) is 11.5 Å². The normalized spacial score (nSPS) is 9.50. The predicted molar refractivity (Wildman–Crippen MR) is 56.1 cm³/mol. The highest BCUT2D eigenvalue weighted by Gasteiger charge is 2.05. The molecular formula is C9H10ClN3O. The monoisotopic (exact) mass is 211 g/mol. The van der Waals surface area contributed by atoms with Gasteiger partial charge in [-0.1, -0.05) is 17.7 Å². The highest BCUT2D eigenvalue weighted by molar-refractivity contribution is 5.85. The third-order valence-corrected chi connectivity index (χ3v) is 1.71. The standard InChI is InChI=1S/C9H9N3O.ClH/c1-6-3-2-4-7(5-6)8-11-9(10)12-13-8;/h2-5H,1H3,(H2,10,12);1H. The first kappa shape index (κ1) is 10.5. The zero-order valence-corrected chi connectivity index (χ0v) is 8.41. The Kier molecular flexibility index (Phi) is 3.09. The summed E-state index contributed by atoms with van der Waals surface area (Å²) in [4.78, 5) is 3.92. The third-order valence-electron chi connectivity index (χ3n) is 1.71. The molecule has 0 aliphatic heterocycles. The molecule has 5 heteroatoms. The number of aromatic nitrogens is 2. The molecule has 4 nitrogen and oxygen atoms in total. The second-order valence-electron chi connectivity index (χ2n) is 2.83. The number of nitrogens with zero attached hydrogens (tertiary/aromatic N) is 2. The van der Waals surface area contributed by atoms with Crippen LogP contribution in [0.3, 0.4) is 0 Å². The highest BCUT2D eigenvalue weighted by atomic mass is 35.5. The zero-order valence-electron chi connectivity index (χ0n) is 7.60. The average Bonchev–Trinajstić information content (AvgIpc) is 2.52. The van der Waals surface area contributed by atoms with E-state index in [9.17, 15) is 0 Å². The van der Waals surface area contributed by atoms with Crippen molar-refractivity contribution in [3.63, 3.8) is 0 Å². The molecule has 2 N–H and O–H groups in total. The number of hydrogen-bond acceptors (Lipinski definition) is 4. The number of hydrogen-bond donors (Lipinski definition) is 1. The van der Waals surface area contributed by atoms with Crippen molar-refractivity contribution in [2.75, 3.05) is 5.73 Å². The molecule has 0 saturated heterocycles. The Bertz CT molecular complexity index is 428. The molecule has 2 aromatic rings. The minimum absolute atomic E-state index is 0. The van der Waals surface area contributed by atoms with Gasteiger partial charge in [0.25, 0.3) is 11.8 Å². The first-order valence-corrected chi connectivity index (χ1v) is 3.92. The lowest BCUT2D eigenvalue weighted by molar-refractivity contribution is 0.433. The Labute approximate surface area is 87.5 Å². The summed E-state index contributed by atoms with van der Waals surface area (Å²) < 4.78 is 4.92. The lowest BCUT2D eigenvalue weighted by Crippen LogP contribution is -1.85. The number of aryl methyl sites for hydroxylation is 1. The quantitative estimate of drug-likeness (QED) is 0.784. The van der Waals surface area contributed by atoms with Gasteiger partial charge in [0.1, 0.15) is 0 Å². The van der Waals surface area contributed by atoms with Crippen LogP contribution in [0.25, 0.3) is 11.5 Å². The number of nitrogens with two attached hydrogens (primary N) is 1. The molecule has 0 aliphatic rings. The Morgan fingerprint density at radius 2 is 2.14 bits per heavy atom. The number of benzene rings is 1. The van der Waals surface area contributed by atoms with Gasteiger partial charge in [-0.25, -0.2) is 0 Å². The summed E-state index contributed by atoms with van der Waals surface area (Å²) in [5.41, 5.74) is 7.38. The Balaban J connectivity index is 0.000000980. The molecule has 1 heterocycles. The van der Waals surface area contributed by atoms with Crippen LogP contribution in [0.1, 0.15) is 5.56 Å². The van der Waals surface area contributed by atoms with Crippen LogP contribution in [-0.4, -0.2) is 10.1 Å². The van der Waals surface area contributed by atoms with E-state index in [4.69, 9.17) is 10.3 Å². The van der Waals surface area contributed by atoms with Crippen molar-refractivity contribution in [2.45, 2.75) is 6.92 Å². The number of halogens is 1. The summed E-state index contributed by atoms with van der Waals surface area (Å²) in [6, 6.07) is 7.81. The van der Waals surface area contributed by atoms with Gasteiger partial charge in [0.2, 0.25) is 0 Å². The molecule has 0 spiro atoms. The topological polar surface area (TPSA) is 64.9 Å². The third kappa shape index (κ3) is 2.03. The van der Waals surface area contributed by atoms with Crippen LogP contribution < -0.4 is 5.73 Å². The first-order chi connectivity index (χ1) is 6.25. The molecule has 74 valence electrons. The predicted octanol–water partition coefficient (Wildman–Crippen LogP) is 2.05. The SMILES string of the molecule is Cc1cccc(-c2nc(N)no2)c1.Cl. The van der Waals surface area contributed by atoms with Crippen molar-refractivity contribution < 1.29 is 4.52 Å². The van der Waals surface area contributed by atoms with Crippen molar-refractivity contribution >= 4 is 18.4 Å². The fraction of sp³-hybridized carbons (Fsp3) is 0.111. The van der Waals surface area contributed by atoms with Crippen LogP contribution in [-0.2, 0) is 0 Å². The van der Waals surface area contributed by atoms with Crippen molar-refractivity contribution in [1.29, 1.82) is 0 Å². The van der Waals surface area contributed by atoms with E-state index in [1.165, 1.54) is 0 Å². The van der Waals surface area contributed by atoms with Gasteiger partial charge >= 0.3 is 0 Å². The van der Waals surface area contributed by atoms with Gasteiger partial charge in [0, 0.05) is 5.56 Å². The van der Waals surface area contributed by atoms with Gasteiger partial charge in [-0.2, -0.15) is 4.98 Å². The van der Waals surface area contributed by atoms with E-state index in [1.807, 2.05) is 31.2 Å². The molecule has 2 rings (SSSR count). The molecule has 0 fully saturated rings. The van der Waals surface area contributed by atoms with Crippen LogP contribution in [0.5, 0.6) is 0 Å². The summed E-state index contributed by atoms with van der Waals surface area (Å²) in [7, 11) is 0. The molecule has 0 aliphatic carbocycles. The van der Waals surface area contributed by atoms with Crippen molar-refractivity contribution in [3.05, 3.63) is 29.8 Å². The summed E-state index contributed by atoms with van der Waals surface area (Å²) >= 11 is 0. The van der Waals surface area contributed by atoms with Gasteiger partial charge in [-0.05, 0) is 24.2 Å². The fourth-order valence-corrected chi connectivity index (χ4v) is 1.13. The van der Waals surface area contributed by atoms with Crippen LogP contribution >= 0.6 is 12.4 Å². The minimum atomic E-state index is 0. The van der Waals surface area contributed by atoms with E-state index in [0.717, 1.165) is 11.1 Å². The van der Waals surface area contributed by atoms with Crippen molar-refractivity contribution in [1.82, 2.24) is 10.1 Å². The Morgan fingerprint density at radius 3 is 2.71 bits per heavy atom. The molecule has 1 aromatic heterocycles. The van der Waals surface area contributed by atoms with Gasteiger partial charge in [0.05, 0.1) is 0 Å². The van der Waals surface area contributed by atoms with Crippen molar-refractivity contribution in [2.24, 2.45) is 0 Å². The molecular weight excluding hydrogens is 202 g/mol. The number of rotatable bonds is 1. The van der Waals surface area contributed by atoms with Gasteiger partial charge in [-0.3, -0.25) is 0 Å². The molecule has 0 saturated carbocycles. The minimum Gasteiger partial charge on any atom is -0.365 e. The van der Waals surface area contributed by atoms with E-state index >= 15 is 0 Å². The van der Waals surface area contributed by atoms with E-state index in [-0.39, 0.29) is 18.4 Å². The molecule has 14 heavy (non-hydrogen) atoms. The molecule has 0 atom stereocenters.